The molecule has 4 nitrogen and oxygen atoms in total. The molecule has 0 bridgehead atoms. The Kier molecular flexibility index (Phi) is 3.90. The summed E-state index contributed by atoms with van der Waals surface area (Å²) in [5.41, 5.74) is 1.62. The van der Waals surface area contributed by atoms with Gasteiger partial charge >= 0.3 is 0 Å². The number of aliphatic hydroxyl groups is 1. The van der Waals surface area contributed by atoms with Crippen LogP contribution < -0.4 is 14.2 Å². The third-order valence-electron chi connectivity index (χ3n) is 3.44. The summed E-state index contributed by atoms with van der Waals surface area (Å²) in [6, 6.07) is 10.8. The molecule has 1 aliphatic rings. The second-order valence-electron chi connectivity index (χ2n) is 4.79. The topological polar surface area (TPSA) is 47.9 Å². The van der Waals surface area contributed by atoms with Gasteiger partial charge in [-0.25, -0.2) is 0 Å². The number of hydrogen-bond acceptors (Lipinski definition) is 4. The van der Waals surface area contributed by atoms with E-state index in [1.54, 1.807) is 37.4 Å². The van der Waals surface area contributed by atoms with Crippen LogP contribution in [0.15, 0.2) is 36.4 Å². The van der Waals surface area contributed by atoms with Crippen LogP contribution in [0.1, 0.15) is 17.2 Å². The molecule has 1 N–H and O–H groups in total. The van der Waals surface area contributed by atoms with Crippen molar-refractivity contribution in [2.75, 3.05) is 13.9 Å². The minimum absolute atomic E-state index is 0.219. The fourth-order valence-electron chi connectivity index (χ4n) is 2.35. The van der Waals surface area contributed by atoms with E-state index in [2.05, 4.69) is 0 Å². The zero-order valence-corrected chi connectivity index (χ0v) is 12.3. The van der Waals surface area contributed by atoms with Crippen molar-refractivity contribution >= 4 is 11.6 Å². The summed E-state index contributed by atoms with van der Waals surface area (Å²) in [6.07, 6.45) is -0.268. The van der Waals surface area contributed by atoms with Gasteiger partial charge in [0.2, 0.25) is 6.79 Å². The molecule has 21 heavy (non-hydrogen) atoms. The fourth-order valence-corrected chi connectivity index (χ4v) is 2.55. The fraction of sp³-hybridized carbons (Fsp3) is 0.250. The van der Waals surface area contributed by atoms with E-state index in [0.717, 1.165) is 11.1 Å². The molecular weight excluding hydrogens is 292 g/mol. The Morgan fingerprint density at radius 2 is 2.00 bits per heavy atom. The lowest BCUT2D eigenvalue weighted by Crippen LogP contribution is -2.03. The molecule has 0 saturated carbocycles. The van der Waals surface area contributed by atoms with Gasteiger partial charge in [0.25, 0.3) is 0 Å². The van der Waals surface area contributed by atoms with E-state index in [1.165, 1.54) is 0 Å². The van der Waals surface area contributed by atoms with Crippen LogP contribution in [0.2, 0.25) is 5.02 Å². The first-order chi connectivity index (χ1) is 10.2. The van der Waals surface area contributed by atoms with Crippen molar-refractivity contribution in [3.8, 4) is 17.2 Å². The average molecular weight is 307 g/mol. The first-order valence-electron chi connectivity index (χ1n) is 6.57. The van der Waals surface area contributed by atoms with E-state index in [0.29, 0.717) is 28.7 Å². The Bertz CT molecular complexity index is 657. The molecule has 0 aliphatic carbocycles. The predicted octanol–water partition coefficient (Wildman–Crippen LogP) is 3.35. The van der Waals surface area contributed by atoms with Gasteiger partial charge in [0.05, 0.1) is 13.2 Å². The molecule has 0 aromatic heterocycles. The minimum Gasteiger partial charge on any atom is -0.496 e. The molecule has 0 spiro atoms. The van der Waals surface area contributed by atoms with E-state index in [4.69, 9.17) is 25.8 Å². The smallest absolute Gasteiger partial charge is 0.231 e. The highest BCUT2D eigenvalue weighted by atomic mass is 35.5. The molecule has 0 fully saturated rings. The zero-order chi connectivity index (χ0) is 14.8. The molecule has 0 amide bonds. The van der Waals surface area contributed by atoms with Gasteiger partial charge < -0.3 is 19.3 Å². The molecule has 1 atom stereocenters. The van der Waals surface area contributed by atoms with Gasteiger partial charge in [0, 0.05) is 11.4 Å². The molecule has 0 saturated heterocycles. The standard InChI is InChI=1S/C16H15ClO4/c1-19-14-5-3-12(17)6-11(14)7-13(18)10-2-4-15-16(8-10)21-9-20-15/h2-6,8,13,18H,7,9H2,1H3. The molecule has 110 valence electrons. The van der Waals surface area contributed by atoms with Crippen molar-refractivity contribution in [2.24, 2.45) is 0 Å². The van der Waals surface area contributed by atoms with E-state index in [-0.39, 0.29) is 6.79 Å². The summed E-state index contributed by atoms with van der Waals surface area (Å²) >= 11 is 6.01. The summed E-state index contributed by atoms with van der Waals surface area (Å²) in [7, 11) is 1.60. The van der Waals surface area contributed by atoms with Gasteiger partial charge in [-0.15, -0.1) is 0 Å². The van der Waals surface area contributed by atoms with Crippen molar-refractivity contribution in [1.82, 2.24) is 0 Å². The molecule has 5 heteroatoms. The Balaban J connectivity index is 1.83. The molecule has 0 radical (unpaired) electrons. The highest BCUT2D eigenvalue weighted by molar-refractivity contribution is 6.30. The second-order valence-corrected chi connectivity index (χ2v) is 5.23. The van der Waals surface area contributed by atoms with Crippen molar-refractivity contribution in [3.63, 3.8) is 0 Å². The number of aliphatic hydroxyl groups excluding tert-OH is 1. The number of benzene rings is 2. The summed E-state index contributed by atoms with van der Waals surface area (Å²) in [5.74, 6) is 2.06. The molecule has 1 heterocycles. The van der Waals surface area contributed by atoms with Gasteiger partial charge in [-0.1, -0.05) is 17.7 Å². The SMILES string of the molecule is COc1ccc(Cl)cc1CC(O)c1ccc2c(c1)OCO2. The lowest BCUT2D eigenvalue weighted by Gasteiger charge is -2.14. The highest BCUT2D eigenvalue weighted by Crippen LogP contribution is 2.35. The number of ether oxygens (including phenoxy) is 3. The largest absolute Gasteiger partial charge is 0.496 e. The lowest BCUT2D eigenvalue weighted by molar-refractivity contribution is 0.171. The maximum absolute atomic E-state index is 10.4. The van der Waals surface area contributed by atoms with E-state index in [9.17, 15) is 5.11 Å². The number of fused-ring (bicyclic) bond motifs is 1. The van der Waals surface area contributed by atoms with Gasteiger partial charge in [-0.05, 0) is 41.5 Å². The van der Waals surface area contributed by atoms with Crippen LogP contribution in [-0.2, 0) is 6.42 Å². The predicted molar refractivity (Wildman–Crippen MR) is 79.2 cm³/mol. The zero-order valence-electron chi connectivity index (χ0n) is 11.5. The molecule has 1 aliphatic heterocycles. The lowest BCUT2D eigenvalue weighted by atomic mass is 10.0. The van der Waals surface area contributed by atoms with E-state index >= 15 is 0 Å². The number of halogens is 1. The number of rotatable bonds is 4. The monoisotopic (exact) mass is 306 g/mol. The molecule has 3 rings (SSSR count). The first-order valence-corrected chi connectivity index (χ1v) is 6.95. The summed E-state index contributed by atoms with van der Waals surface area (Å²) in [4.78, 5) is 0. The summed E-state index contributed by atoms with van der Waals surface area (Å²) in [5, 5.41) is 11.0. The van der Waals surface area contributed by atoms with E-state index < -0.39 is 6.10 Å². The maximum atomic E-state index is 10.4. The Morgan fingerprint density at radius 1 is 1.19 bits per heavy atom. The van der Waals surface area contributed by atoms with Crippen LogP contribution in [0.5, 0.6) is 17.2 Å². The molecule has 2 aromatic rings. The van der Waals surface area contributed by atoms with Gasteiger partial charge in [0.15, 0.2) is 11.5 Å². The quantitative estimate of drug-likeness (QED) is 0.941. The van der Waals surface area contributed by atoms with Crippen LogP contribution in [0.25, 0.3) is 0 Å². The molecule has 2 aromatic carbocycles. The van der Waals surface area contributed by atoms with Crippen molar-refractivity contribution < 1.29 is 19.3 Å². The third kappa shape index (κ3) is 2.91. The summed E-state index contributed by atoms with van der Waals surface area (Å²) < 4.78 is 15.9. The highest BCUT2D eigenvalue weighted by Gasteiger charge is 2.18. The second kappa shape index (κ2) is 5.84. The van der Waals surface area contributed by atoms with Crippen molar-refractivity contribution in [2.45, 2.75) is 12.5 Å². The minimum atomic E-state index is -0.674. The van der Waals surface area contributed by atoms with Gasteiger partial charge in [0.1, 0.15) is 5.75 Å². The van der Waals surface area contributed by atoms with Gasteiger partial charge in [-0.2, -0.15) is 0 Å². The Morgan fingerprint density at radius 3 is 2.81 bits per heavy atom. The van der Waals surface area contributed by atoms with Crippen LogP contribution in [0.3, 0.4) is 0 Å². The summed E-state index contributed by atoms with van der Waals surface area (Å²) in [6.45, 7) is 0.219. The number of hydrogen-bond donors (Lipinski definition) is 1. The molecule has 1 unspecified atom stereocenters. The van der Waals surface area contributed by atoms with Gasteiger partial charge in [-0.3, -0.25) is 0 Å². The van der Waals surface area contributed by atoms with Crippen LogP contribution in [-0.4, -0.2) is 19.0 Å². The Hall–Kier alpha value is -1.91. The normalized spacial score (nSPS) is 14.0. The Labute approximate surface area is 127 Å². The third-order valence-corrected chi connectivity index (χ3v) is 3.67. The van der Waals surface area contributed by atoms with Crippen LogP contribution >= 0.6 is 11.6 Å². The van der Waals surface area contributed by atoms with Crippen molar-refractivity contribution in [1.29, 1.82) is 0 Å². The maximum Gasteiger partial charge on any atom is 0.231 e. The number of methoxy groups -OCH3 is 1. The molecular formula is C16H15ClO4. The first kappa shape index (κ1) is 14.0. The average Bonchev–Trinajstić information content (AvgIpc) is 2.94. The van der Waals surface area contributed by atoms with E-state index in [1.807, 2.05) is 6.07 Å². The van der Waals surface area contributed by atoms with Crippen LogP contribution in [0.4, 0.5) is 0 Å². The van der Waals surface area contributed by atoms with Crippen LogP contribution in [0, 0.1) is 0 Å². The van der Waals surface area contributed by atoms with Crippen molar-refractivity contribution in [3.05, 3.63) is 52.5 Å².